The molecule has 0 spiro atoms. The number of aliphatic hydroxyl groups excluding tert-OH is 1. The van der Waals surface area contributed by atoms with E-state index >= 15 is 9.18 Å². The predicted molar refractivity (Wildman–Crippen MR) is 198 cm³/mol. The molecule has 0 saturated carbocycles. The van der Waals surface area contributed by atoms with Gasteiger partial charge in [-0.15, -0.1) is 11.8 Å². The number of nitrogens with zero attached hydrogens (tertiary/aromatic N) is 3. The van der Waals surface area contributed by atoms with Crippen LogP contribution in [0.4, 0.5) is 27.6 Å². The molecule has 4 aromatic rings. The first-order valence-corrected chi connectivity index (χ1v) is 17.4. The zero-order chi connectivity index (χ0) is 46.6. The molecule has 6 rings (SSSR count). The zero-order valence-corrected chi connectivity index (χ0v) is 29.5. The number of alkyl halides is 3. The summed E-state index contributed by atoms with van der Waals surface area (Å²) in [7, 11) is 1.21. The fourth-order valence-corrected chi connectivity index (χ4v) is 6.80. The molecule has 2 heterocycles. The number of fused-ring (bicyclic) bond motifs is 1. The number of carbonyl (C=O) groups excluding carboxylic acids is 1. The lowest BCUT2D eigenvalue weighted by atomic mass is 9.99. The van der Waals surface area contributed by atoms with Crippen molar-refractivity contribution in [1.29, 1.82) is 0 Å². The minimum atomic E-state index is -4.56. The van der Waals surface area contributed by atoms with Gasteiger partial charge >= 0.3 is 6.18 Å². The SMILES string of the molecule is [2H]C1=C(SC([2H])([2H])c2cccc(F)c2F)N(CC(=O)N(C2CCN(CC([2H])([2H])OC)CC2)C([2H])([2H])c2ccc(-c3ccc(C(F)(F)F)cc3)cc2)c2c([2H])c([2H])c(C)c([2H])c2C1O. The molecule has 6 nitrogen and oxygen atoms in total. The summed E-state index contributed by atoms with van der Waals surface area (Å²) in [4.78, 5) is 18.6. The Morgan fingerprint density at radius 2 is 1.72 bits per heavy atom. The molecule has 1 saturated heterocycles. The number of thioether (sulfide) groups is 1. The number of methoxy groups -OCH3 is 1. The van der Waals surface area contributed by atoms with Crippen LogP contribution in [0.2, 0.25) is 0 Å². The van der Waals surface area contributed by atoms with Gasteiger partial charge in [-0.1, -0.05) is 66.2 Å². The van der Waals surface area contributed by atoms with Crippen LogP contribution in [-0.2, 0) is 27.9 Å². The summed E-state index contributed by atoms with van der Waals surface area (Å²) in [6.45, 7) is -4.12. The number of anilines is 1. The van der Waals surface area contributed by atoms with Gasteiger partial charge in [0.25, 0.3) is 0 Å². The maximum Gasteiger partial charge on any atom is 0.416 e. The Balaban J connectivity index is 1.44. The third kappa shape index (κ3) is 9.29. The highest BCUT2D eigenvalue weighted by molar-refractivity contribution is 8.02. The molecule has 0 bridgehead atoms. The van der Waals surface area contributed by atoms with Gasteiger partial charge in [-0.25, -0.2) is 8.78 Å². The molecule has 0 aliphatic carbocycles. The van der Waals surface area contributed by atoms with Crippen molar-refractivity contribution in [2.45, 2.75) is 50.3 Å². The van der Waals surface area contributed by atoms with Gasteiger partial charge in [0, 0.05) is 64.5 Å². The first-order chi connectivity index (χ1) is 29.3. The number of rotatable bonds is 12. The van der Waals surface area contributed by atoms with Crippen molar-refractivity contribution in [1.82, 2.24) is 9.80 Å². The summed E-state index contributed by atoms with van der Waals surface area (Å²) in [6, 6.07) is 9.52. The predicted octanol–water partition coefficient (Wildman–Crippen LogP) is 8.73. The molecule has 12 heteroatoms. The molecule has 1 fully saturated rings. The van der Waals surface area contributed by atoms with Crippen molar-refractivity contribution < 1.29 is 50.3 Å². The maximum atomic E-state index is 15.1. The van der Waals surface area contributed by atoms with Crippen molar-refractivity contribution >= 4 is 23.4 Å². The summed E-state index contributed by atoms with van der Waals surface area (Å²) < 4.78 is 162. The Morgan fingerprint density at radius 1 is 1.04 bits per heavy atom. The van der Waals surface area contributed by atoms with E-state index in [1.54, 1.807) is 4.90 Å². The summed E-state index contributed by atoms with van der Waals surface area (Å²) in [5.41, 5.74) is -4.64. The summed E-state index contributed by atoms with van der Waals surface area (Å²) in [6.07, 6.45) is -6.36. The van der Waals surface area contributed by atoms with E-state index in [9.17, 15) is 25.4 Å². The molecule has 1 atom stereocenters. The number of carbonyl (C=O) groups is 1. The second-order valence-corrected chi connectivity index (χ2v) is 13.2. The molecule has 2 aliphatic heterocycles. The van der Waals surface area contributed by atoms with E-state index in [1.807, 2.05) is 0 Å². The Bertz CT molecular complexity index is 2400. The number of hydrogen-bond donors (Lipinski definition) is 1. The van der Waals surface area contributed by atoms with E-state index in [1.165, 1.54) is 50.4 Å². The lowest BCUT2D eigenvalue weighted by Crippen LogP contribution is -2.50. The Labute approximate surface area is 324 Å². The van der Waals surface area contributed by atoms with Crippen LogP contribution in [0.1, 0.15) is 60.5 Å². The molecular formula is C41H42F5N3O3S. The molecule has 1 unspecified atom stereocenters. The van der Waals surface area contributed by atoms with Crippen LogP contribution in [0.15, 0.2) is 95.9 Å². The van der Waals surface area contributed by atoms with Gasteiger partial charge in [-0.05, 0) is 66.7 Å². The molecule has 1 N–H and O–H groups in total. The van der Waals surface area contributed by atoms with Gasteiger partial charge in [-0.3, -0.25) is 4.79 Å². The summed E-state index contributed by atoms with van der Waals surface area (Å²) in [5, 5.41) is 10.9. The quantitative estimate of drug-likeness (QED) is 0.146. The van der Waals surface area contributed by atoms with E-state index < -0.39 is 107 Å². The average Bonchev–Trinajstić information content (AvgIpc) is 3.23. The second kappa shape index (κ2) is 16.8. The maximum absolute atomic E-state index is 15.1. The molecule has 280 valence electrons. The summed E-state index contributed by atoms with van der Waals surface area (Å²) >= 11 is 0.107. The highest BCUT2D eigenvalue weighted by atomic mass is 32.2. The number of piperidine rings is 1. The third-order valence-corrected chi connectivity index (χ3v) is 9.65. The Morgan fingerprint density at radius 3 is 2.38 bits per heavy atom. The molecule has 0 radical (unpaired) electrons. The fraction of sp³-hybridized carbons (Fsp3) is 0.341. The summed E-state index contributed by atoms with van der Waals surface area (Å²) in [5.74, 6) is -3.94. The van der Waals surface area contributed by atoms with Crippen molar-refractivity contribution in [3.05, 3.63) is 135 Å². The van der Waals surface area contributed by atoms with E-state index in [2.05, 4.69) is 0 Å². The lowest BCUT2D eigenvalue weighted by molar-refractivity contribution is -0.137. The van der Waals surface area contributed by atoms with Crippen molar-refractivity contribution in [2.24, 2.45) is 0 Å². The van der Waals surface area contributed by atoms with Crippen LogP contribution >= 0.6 is 11.8 Å². The fourth-order valence-electron chi connectivity index (χ4n) is 6.00. The molecule has 4 aromatic carbocycles. The van der Waals surface area contributed by atoms with Gasteiger partial charge in [-0.2, -0.15) is 13.2 Å². The number of ether oxygens (including phenoxy) is 1. The van der Waals surface area contributed by atoms with Gasteiger partial charge in [0.2, 0.25) is 5.91 Å². The topological polar surface area (TPSA) is 56.3 Å². The van der Waals surface area contributed by atoms with Crippen LogP contribution in [0.3, 0.4) is 0 Å². The van der Waals surface area contributed by atoms with Gasteiger partial charge in [0.05, 0.1) is 28.1 Å². The van der Waals surface area contributed by atoms with E-state index in [0.717, 1.165) is 40.1 Å². The second-order valence-electron chi connectivity index (χ2n) is 12.4. The zero-order valence-electron chi connectivity index (χ0n) is 38.7. The molecule has 53 heavy (non-hydrogen) atoms. The number of aliphatic hydroxyl groups is 1. The number of halogens is 5. The van der Waals surface area contributed by atoms with Gasteiger partial charge < -0.3 is 24.5 Å². The molecular weight excluding hydrogens is 710 g/mol. The average molecular weight is 762 g/mol. The smallest absolute Gasteiger partial charge is 0.384 e. The third-order valence-electron chi connectivity index (χ3n) is 8.80. The van der Waals surface area contributed by atoms with Gasteiger partial charge in [0.1, 0.15) is 12.6 Å². The lowest BCUT2D eigenvalue weighted by Gasteiger charge is -2.40. The molecule has 2 aliphatic rings. The largest absolute Gasteiger partial charge is 0.416 e. The molecule has 0 aromatic heterocycles. The van der Waals surface area contributed by atoms with Crippen molar-refractivity contribution in [3.8, 4) is 11.1 Å². The minimum Gasteiger partial charge on any atom is -0.384 e. The van der Waals surface area contributed by atoms with E-state index in [0.29, 0.717) is 11.1 Å². The Hall–Kier alpha value is -4.23. The van der Waals surface area contributed by atoms with E-state index in [4.69, 9.17) is 15.7 Å². The first kappa shape index (κ1) is 27.4. The van der Waals surface area contributed by atoms with Crippen LogP contribution in [0.5, 0.6) is 0 Å². The number of amides is 1. The standard InChI is InChI=1S/C41H42F5N3O3S/c1-27-6-15-36-34(22-27)37(50)23-39(53-26-31-4-3-5-35(42)40(31)43)49(36)25-38(51)48(33-16-18-47(19-17-33)20-21-52-2)24-28-7-9-29(10-8-28)30-11-13-32(14-12-30)41(44,45)46/h3-15,22-23,33,37,50H,16-21,24-26H2,1-2H3/i6D,15D,21D2,22D,23D,24D2,26D2. The first-order valence-electron chi connectivity index (χ1n) is 21.6. The van der Waals surface area contributed by atoms with E-state index in [-0.39, 0.29) is 60.9 Å². The normalized spacial score (nSPS) is 20.5. The Kier molecular flexibility index (Phi) is 8.70. The van der Waals surface area contributed by atoms with Crippen molar-refractivity contribution in [3.63, 3.8) is 0 Å². The van der Waals surface area contributed by atoms with Crippen LogP contribution < -0.4 is 4.90 Å². The van der Waals surface area contributed by atoms with Crippen LogP contribution in [0, 0.1) is 18.6 Å². The number of likely N-dealkylation sites (tertiary alicyclic amines) is 1. The van der Waals surface area contributed by atoms with Gasteiger partial charge in [0.15, 0.2) is 11.6 Å². The highest BCUT2D eigenvalue weighted by Crippen LogP contribution is 2.41. The van der Waals surface area contributed by atoms with Crippen LogP contribution in [-0.4, -0.2) is 66.7 Å². The molecule has 1 amide bonds. The van der Waals surface area contributed by atoms with Crippen LogP contribution in [0.25, 0.3) is 11.1 Å². The monoisotopic (exact) mass is 761 g/mol. The number of benzene rings is 4. The highest BCUT2D eigenvalue weighted by Gasteiger charge is 2.33. The minimum absolute atomic E-state index is 0.0487. The van der Waals surface area contributed by atoms with Crippen molar-refractivity contribution in [2.75, 3.05) is 44.7 Å². The number of hydrogen-bond acceptors (Lipinski definition) is 6.